The maximum atomic E-state index is 13.2. The molecule has 0 unspecified atom stereocenters. The fourth-order valence-electron chi connectivity index (χ4n) is 3.92. The van der Waals surface area contributed by atoms with Crippen LogP contribution in [-0.2, 0) is 6.54 Å². The van der Waals surface area contributed by atoms with Crippen molar-refractivity contribution in [3.63, 3.8) is 0 Å². The summed E-state index contributed by atoms with van der Waals surface area (Å²) in [6.45, 7) is 8.98. The highest BCUT2D eigenvalue weighted by molar-refractivity contribution is 7.18. The molecule has 0 atom stereocenters. The van der Waals surface area contributed by atoms with Gasteiger partial charge in [-0.2, -0.15) is 0 Å². The van der Waals surface area contributed by atoms with E-state index in [2.05, 4.69) is 22.9 Å². The zero-order valence-electron chi connectivity index (χ0n) is 15.5. The molecule has 4 rings (SSSR count). The van der Waals surface area contributed by atoms with Crippen LogP contribution in [-0.4, -0.2) is 32.5 Å². The van der Waals surface area contributed by atoms with E-state index in [-0.39, 0.29) is 11.6 Å². The van der Waals surface area contributed by atoms with E-state index in [0.29, 0.717) is 0 Å². The molecule has 4 heterocycles. The number of nitrogens with zero attached hydrogens (tertiary/aromatic N) is 4. The van der Waals surface area contributed by atoms with Gasteiger partial charge in [-0.25, -0.2) is 4.98 Å². The highest BCUT2D eigenvalue weighted by Gasteiger charge is 2.24. The van der Waals surface area contributed by atoms with Crippen LogP contribution in [0, 0.1) is 20.8 Å². The molecule has 6 heteroatoms. The van der Waals surface area contributed by atoms with Crippen molar-refractivity contribution in [2.24, 2.45) is 0 Å². The van der Waals surface area contributed by atoms with E-state index in [4.69, 9.17) is 4.98 Å². The number of aryl methyl sites for hydroxylation is 3. The summed E-state index contributed by atoms with van der Waals surface area (Å²) in [5.74, 6) is 0.842. The van der Waals surface area contributed by atoms with Crippen molar-refractivity contribution in [2.45, 2.75) is 46.2 Å². The van der Waals surface area contributed by atoms with Crippen molar-refractivity contribution in [1.82, 2.24) is 19.4 Å². The minimum atomic E-state index is 0.139. The first-order valence-corrected chi connectivity index (χ1v) is 9.96. The summed E-state index contributed by atoms with van der Waals surface area (Å²) in [5.41, 5.74) is 2.47. The van der Waals surface area contributed by atoms with Gasteiger partial charge in [0.15, 0.2) is 0 Å². The number of fused-ring (bicyclic) bond motifs is 1. The molecule has 0 aromatic carbocycles. The highest BCUT2D eigenvalue weighted by atomic mass is 32.1. The summed E-state index contributed by atoms with van der Waals surface area (Å²) >= 11 is 1.63. The summed E-state index contributed by atoms with van der Waals surface area (Å²) in [6, 6.07) is 4.34. The molecule has 0 saturated carbocycles. The lowest BCUT2D eigenvalue weighted by atomic mass is 10.0. The molecular formula is C20H24N4OS. The van der Waals surface area contributed by atoms with Gasteiger partial charge in [-0.05, 0) is 50.8 Å². The Morgan fingerprint density at radius 3 is 2.69 bits per heavy atom. The molecule has 1 fully saturated rings. The third kappa shape index (κ3) is 3.08. The largest absolute Gasteiger partial charge is 0.299 e. The van der Waals surface area contributed by atoms with Crippen LogP contribution >= 0.6 is 11.3 Å². The third-order valence-electron chi connectivity index (χ3n) is 5.46. The Hall–Kier alpha value is -2.05. The van der Waals surface area contributed by atoms with Gasteiger partial charge in [0, 0.05) is 42.9 Å². The Kier molecular flexibility index (Phi) is 4.63. The van der Waals surface area contributed by atoms with Crippen molar-refractivity contribution in [3.8, 4) is 0 Å². The maximum Gasteiger partial charge on any atom is 0.262 e. The van der Waals surface area contributed by atoms with Crippen LogP contribution in [0.5, 0.6) is 0 Å². The summed E-state index contributed by atoms with van der Waals surface area (Å²) in [6.07, 6.45) is 5.70. The van der Waals surface area contributed by atoms with Crippen molar-refractivity contribution in [2.75, 3.05) is 13.1 Å². The molecule has 1 aliphatic rings. The van der Waals surface area contributed by atoms with E-state index in [0.717, 1.165) is 54.1 Å². The van der Waals surface area contributed by atoms with Gasteiger partial charge in [-0.3, -0.25) is 19.2 Å². The zero-order valence-corrected chi connectivity index (χ0v) is 16.3. The molecule has 0 N–H and O–H groups in total. The Morgan fingerprint density at radius 1 is 1.23 bits per heavy atom. The fourth-order valence-corrected chi connectivity index (χ4v) is 4.99. The lowest BCUT2D eigenvalue weighted by Crippen LogP contribution is -2.38. The van der Waals surface area contributed by atoms with Gasteiger partial charge < -0.3 is 0 Å². The van der Waals surface area contributed by atoms with E-state index in [1.807, 2.05) is 36.9 Å². The van der Waals surface area contributed by atoms with Gasteiger partial charge in [-0.1, -0.05) is 6.07 Å². The normalized spacial score (nSPS) is 16.4. The molecule has 0 aliphatic carbocycles. The summed E-state index contributed by atoms with van der Waals surface area (Å²) in [5, 5.41) is 0.816. The van der Waals surface area contributed by atoms with E-state index in [1.165, 1.54) is 10.4 Å². The Labute approximate surface area is 157 Å². The summed E-state index contributed by atoms with van der Waals surface area (Å²) in [7, 11) is 0. The van der Waals surface area contributed by atoms with E-state index < -0.39 is 0 Å². The van der Waals surface area contributed by atoms with Crippen molar-refractivity contribution >= 4 is 21.6 Å². The minimum Gasteiger partial charge on any atom is -0.299 e. The van der Waals surface area contributed by atoms with Gasteiger partial charge in [0.1, 0.15) is 10.7 Å². The summed E-state index contributed by atoms with van der Waals surface area (Å²) in [4.78, 5) is 26.6. The van der Waals surface area contributed by atoms with Gasteiger partial charge >= 0.3 is 0 Å². The lowest BCUT2D eigenvalue weighted by Gasteiger charge is -2.33. The first kappa shape index (κ1) is 17.4. The molecule has 0 amide bonds. The number of rotatable bonds is 3. The number of pyridine rings is 1. The lowest BCUT2D eigenvalue weighted by molar-refractivity contribution is 0.176. The van der Waals surface area contributed by atoms with Crippen LogP contribution in [0.4, 0.5) is 0 Å². The first-order chi connectivity index (χ1) is 12.5. The molecule has 136 valence electrons. The second-order valence-electron chi connectivity index (χ2n) is 7.17. The van der Waals surface area contributed by atoms with E-state index >= 15 is 0 Å². The van der Waals surface area contributed by atoms with Crippen molar-refractivity contribution in [3.05, 3.63) is 56.7 Å². The fraction of sp³-hybridized carbons (Fsp3) is 0.450. The number of hydrogen-bond acceptors (Lipinski definition) is 5. The predicted octanol–water partition coefficient (Wildman–Crippen LogP) is 3.62. The number of piperidine rings is 1. The Bertz CT molecular complexity index is 984. The number of likely N-dealkylation sites (tertiary alicyclic amines) is 1. The standard InChI is InChI=1S/C20H24N4OS/c1-13-14(2)26-19-18(13)20(25)24(15(3)22-19)17-6-9-23(10-7-17)12-16-5-4-8-21-11-16/h4-5,8,11,17H,6-7,9-10,12H2,1-3H3. The SMILES string of the molecule is Cc1sc2nc(C)n(C3CCN(Cc4cccnc4)CC3)c(=O)c2c1C. The Balaban J connectivity index is 1.56. The third-order valence-corrected chi connectivity index (χ3v) is 6.56. The first-order valence-electron chi connectivity index (χ1n) is 9.14. The smallest absolute Gasteiger partial charge is 0.262 e. The van der Waals surface area contributed by atoms with Gasteiger partial charge in [0.2, 0.25) is 0 Å². The van der Waals surface area contributed by atoms with E-state index in [1.54, 1.807) is 11.3 Å². The highest BCUT2D eigenvalue weighted by Crippen LogP contribution is 2.29. The topological polar surface area (TPSA) is 51.0 Å². The van der Waals surface area contributed by atoms with Crippen LogP contribution < -0.4 is 5.56 Å². The second kappa shape index (κ2) is 6.93. The van der Waals surface area contributed by atoms with Crippen molar-refractivity contribution in [1.29, 1.82) is 0 Å². The molecule has 1 saturated heterocycles. The molecule has 5 nitrogen and oxygen atoms in total. The van der Waals surface area contributed by atoms with Gasteiger partial charge in [0.25, 0.3) is 5.56 Å². The van der Waals surface area contributed by atoms with Gasteiger partial charge in [0.05, 0.1) is 5.39 Å². The molecule has 0 bridgehead atoms. The molecule has 3 aromatic rings. The maximum absolute atomic E-state index is 13.2. The van der Waals surface area contributed by atoms with Crippen LogP contribution in [0.1, 0.15) is 40.7 Å². The average molecular weight is 369 g/mol. The average Bonchev–Trinajstić information content (AvgIpc) is 2.91. The zero-order chi connectivity index (χ0) is 18.3. The number of aromatic nitrogens is 3. The molecule has 0 spiro atoms. The quantitative estimate of drug-likeness (QED) is 0.709. The predicted molar refractivity (Wildman–Crippen MR) is 106 cm³/mol. The molecule has 3 aromatic heterocycles. The monoisotopic (exact) mass is 368 g/mol. The number of hydrogen-bond donors (Lipinski definition) is 0. The molecule has 1 aliphatic heterocycles. The van der Waals surface area contributed by atoms with Crippen LogP contribution in [0.3, 0.4) is 0 Å². The van der Waals surface area contributed by atoms with Crippen molar-refractivity contribution < 1.29 is 0 Å². The van der Waals surface area contributed by atoms with E-state index in [9.17, 15) is 4.79 Å². The van der Waals surface area contributed by atoms with Crippen LogP contribution in [0.15, 0.2) is 29.3 Å². The second-order valence-corrected chi connectivity index (χ2v) is 8.37. The number of thiophene rings is 1. The minimum absolute atomic E-state index is 0.139. The van der Waals surface area contributed by atoms with Gasteiger partial charge in [-0.15, -0.1) is 11.3 Å². The molecule has 0 radical (unpaired) electrons. The van der Waals surface area contributed by atoms with Crippen LogP contribution in [0.25, 0.3) is 10.2 Å². The summed E-state index contributed by atoms with van der Waals surface area (Å²) < 4.78 is 1.95. The van der Waals surface area contributed by atoms with Crippen LogP contribution in [0.2, 0.25) is 0 Å². The molecular weight excluding hydrogens is 344 g/mol. The molecule has 26 heavy (non-hydrogen) atoms. The Morgan fingerprint density at radius 2 is 2.00 bits per heavy atom.